The van der Waals surface area contributed by atoms with Gasteiger partial charge in [-0.2, -0.15) is 0 Å². The van der Waals surface area contributed by atoms with Crippen molar-refractivity contribution in [1.82, 2.24) is 9.13 Å². The molecule has 8 rings (SSSR count). The summed E-state index contributed by atoms with van der Waals surface area (Å²) in [5.74, 6) is 0. The van der Waals surface area contributed by atoms with E-state index in [1.807, 2.05) is 0 Å². The van der Waals surface area contributed by atoms with Crippen molar-refractivity contribution in [3.8, 4) is 0 Å². The van der Waals surface area contributed by atoms with Crippen molar-refractivity contribution >= 4 is 44.1 Å². The van der Waals surface area contributed by atoms with Crippen molar-refractivity contribution in [2.75, 3.05) is 0 Å². The highest BCUT2D eigenvalue weighted by Crippen LogP contribution is 2.51. The van der Waals surface area contributed by atoms with Gasteiger partial charge in [0.1, 0.15) is 0 Å². The van der Waals surface area contributed by atoms with Crippen molar-refractivity contribution in [1.29, 1.82) is 0 Å². The fraction of sp³-hybridized carbons (Fsp3) is 0.200. The molecule has 4 aromatic rings. The Morgan fingerprint density at radius 1 is 0.703 bits per heavy atom. The molecule has 0 N–H and O–H groups in total. The maximum atomic E-state index is 2.45. The zero-order chi connectivity index (χ0) is 25.0. The molecule has 2 heterocycles. The molecule has 0 atom stereocenters. The third-order valence-corrected chi connectivity index (χ3v) is 8.99. The van der Waals surface area contributed by atoms with Crippen LogP contribution in [0.15, 0.2) is 84.0 Å². The standard InChI is InChI=1S/C35H30N2/c1-20-13-15-30-28(17-20)32-24-11-7-5-9-22(24)26(34(32)36(30)3)19-27-23-10-6-8-12-25(23)33-29-18-21(2)14-16-31(29)37(4)35(27)33/h5-9,12-18H,10-11,19H2,1-4H3. The number of aryl methyl sites for hydroxylation is 4. The Kier molecular flexibility index (Phi) is 4.14. The van der Waals surface area contributed by atoms with E-state index in [0.717, 1.165) is 19.3 Å². The van der Waals surface area contributed by atoms with Crippen LogP contribution >= 0.6 is 0 Å². The average Bonchev–Trinajstić information content (AvgIpc) is 3.58. The lowest BCUT2D eigenvalue weighted by Gasteiger charge is -2.17. The van der Waals surface area contributed by atoms with Crippen LogP contribution in [0.2, 0.25) is 0 Å². The smallest absolute Gasteiger partial charge is 0.0533 e. The lowest BCUT2D eigenvalue weighted by molar-refractivity contribution is 0.916. The van der Waals surface area contributed by atoms with Crippen LogP contribution in [-0.2, 0) is 14.1 Å². The summed E-state index contributed by atoms with van der Waals surface area (Å²) in [4.78, 5) is 0. The van der Waals surface area contributed by atoms with Crippen LogP contribution < -0.4 is 10.6 Å². The van der Waals surface area contributed by atoms with Gasteiger partial charge < -0.3 is 9.13 Å². The predicted molar refractivity (Wildman–Crippen MR) is 156 cm³/mol. The Hall–Kier alpha value is -4.04. The molecule has 2 heteroatoms. The molecule has 4 aliphatic carbocycles. The van der Waals surface area contributed by atoms with Crippen molar-refractivity contribution in [3.05, 3.63) is 117 Å². The highest BCUT2D eigenvalue weighted by atomic mass is 15.0. The van der Waals surface area contributed by atoms with Crippen molar-refractivity contribution in [2.24, 2.45) is 14.1 Å². The normalized spacial score (nSPS) is 17.5. The van der Waals surface area contributed by atoms with E-state index in [0.29, 0.717) is 0 Å². The van der Waals surface area contributed by atoms with Crippen molar-refractivity contribution in [3.63, 3.8) is 0 Å². The molecule has 4 aliphatic rings. The Morgan fingerprint density at radius 3 is 2.11 bits per heavy atom. The van der Waals surface area contributed by atoms with Gasteiger partial charge in [0.15, 0.2) is 0 Å². The third-order valence-electron chi connectivity index (χ3n) is 8.99. The first kappa shape index (κ1) is 21.1. The molecule has 0 fully saturated rings. The Labute approximate surface area is 217 Å². The van der Waals surface area contributed by atoms with E-state index in [2.05, 4.69) is 110 Å². The largest absolute Gasteiger partial charge is 0.343 e. The van der Waals surface area contributed by atoms with E-state index in [4.69, 9.17) is 0 Å². The topological polar surface area (TPSA) is 9.86 Å². The molecule has 2 aromatic heterocycles. The first-order valence-electron chi connectivity index (χ1n) is 13.4. The summed E-state index contributed by atoms with van der Waals surface area (Å²) in [6, 6.07) is 13.9. The second-order valence-corrected chi connectivity index (χ2v) is 11.1. The number of benzene rings is 2. The quantitative estimate of drug-likeness (QED) is 0.304. The van der Waals surface area contributed by atoms with E-state index in [-0.39, 0.29) is 0 Å². The SMILES string of the molecule is Cc1ccc2c(c1)c1c(n2C)C(CC2=c3c(c4cc(C)ccc4n3C)=C3CC=CC=C32)=C2CC=CC=C21. The van der Waals surface area contributed by atoms with Gasteiger partial charge in [-0.1, -0.05) is 59.7 Å². The number of allylic oxidation sites excluding steroid dienone is 10. The van der Waals surface area contributed by atoms with E-state index in [9.17, 15) is 0 Å². The predicted octanol–water partition coefficient (Wildman–Crippen LogP) is 6.69. The minimum absolute atomic E-state index is 0.954. The van der Waals surface area contributed by atoms with E-state index < -0.39 is 0 Å². The van der Waals surface area contributed by atoms with Crippen LogP contribution in [0.25, 0.3) is 44.1 Å². The zero-order valence-corrected chi connectivity index (χ0v) is 21.9. The number of nitrogens with zero attached hydrogens (tertiary/aromatic N) is 2. The Morgan fingerprint density at radius 2 is 1.35 bits per heavy atom. The Bertz CT molecular complexity index is 2020. The molecule has 0 saturated heterocycles. The molecular formula is C35H30N2. The van der Waals surface area contributed by atoms with Gasteiger partial charge in [0.25, 0.3) is 0 Å². The maximum Gasteiger partial charge on any atom is 0.0533 e. The molecule has 0 aliphatic heterocycles. The number of hydrogen-bond donors (Lipinski definition) is 0. The maximum absolute atomic E-state index is 2.45. The fourth-order valence-electron chi connectivity index (χ4n) is 7.38. The summed E-state index contributed by atoms with van der Waals surface area (Å²) < 4.78 is 4.90. The van der Waals surface area contributed by atoms with Crippen LogP contribution in [0.3, 0.4) is 0 Å². The molecule has 2 aromatic carbocycles. The van der Waals surface area contributed by atoms with Gasteiger partial charge in [-0.05, 0) is 84.4 Å². The number of aromatic nitrogens is 2. The highest BCUT2D eigenvalue weighted by Gasteiger charge is 2.34. The summed E-state index contributed by atoms with van der Waals surface area (Å²) >= 11 is 0. The third kappa shape index (κ3) is 2.65. The van der Waals surface area contributed by atoms with Gasteiger partial charge in [0.2, 0.25) is 0 Å². The van der Waals surface area contributed by atoms with Crippen LogP contribution in [0.1, 0.15) is 41.6 Å². The number of hydrogen-bond acceptors (Lipinski definition) is 0. The average molecular weight is 479 g/mol. The minimum Gasteiger partial charge on any atom is -0.343 e. The summed E-state index contributed by atoms with van der Waals surface area (Å²) in [5, 5.41) is 5.66. The molecule has 0 spiro atoms. The van der Waals surface area contributed by atoms with Gasteiger partial charge in [0.05, 0.1) is 11.0 Å². The molecule has 2 nitrogen and oxygen atoms in total. The number of fused-ring (bicyclic) bond motifs is 9. The lowest BCUT2D eigenvalue weighted by Crippen LogP contribution is -2.27. The summed E-state index contributed by atoms with van der Waals surface area (Å²) in [6.07, 6.45) is 16.8. The highest BCUT2D eigenvalue weighted by molar-refractivity contribution is 6.12. The lowest BCUT2D eigenvalue weighted by atomic mass is 9.89. The second-order valence-electron chi connectivity index (χ2n) is 11.1. The monoisotopic (exact) mass is 478 g/mol. The van der Waals surface area contributed by atoms with Crippen LogP contribution in [0.4, 0.5) is 0 Å². The molecule has 0 radical (unpaired) electrons. The van der Waals surface area contributed by atoms with E-state index in [1.54, 1.807) is 0 Å². The second kappa shape index (κ2) is 7.26. The van der Waals surface area contributed by atoms with Crippen LogP contribution in [0, 0.1) is 13.8 Å². The summed E-state index contributed by atoms with van der Waals surface area (Å²) in [6.45, 7) is 4.41. The Balaban J connectivity index is 1.44. The van der Waals surface area contributed by atoms with Gasteiger partial charge >= 0.3 is 0 Å². The summed E-state index contributed by atoms with van der Waals surface area (Å²) in [5.41, 5.74) is 17.0. The van der Waals surface area contributed by atoms with Crippen molar-refractivity contribution < 1.29 is 0 Å². The molecular weight excluding hydrogens is 448 g/mol. The molecule has 0 unspecified atom stereocenters. The molecule has 180 valence electrons. The fourth-order valence-corrected chi connectivity index (χ4v) is 7.38. The molecule has 0 saturated carbocycles. The first-order chi connectivity index (χ1) is 18.0. The van der Waals surface area contributed by atoms with Crippen LogP contribution in [-0.4, -0.2) is 9.13 Å². The van der Waals surface area contributed by atoms with Gasteiger partial charge in [-0.3, -0.25) is 0 Å². The first-order valence-corrected chi connectivity index (χ1v) is 13.4. The minimum atomic E-state index is 0.954. The summed E-state index contributed by atoms with van der Waals surface area (Å²) in [7, 11) is 4.52. The van der Waals surface area contributed by atoms with E-state index in [1.165, 1.54) is 88.2 Å². The van der Waals surface area contributed by atoms with Crippen molar-refractivity contribution in [2.45, 2.75) is 33.1 Å². The van der Waals surface area contributed by atoms with E-state index >= 15 is 0 Å². The zero-order valence-electron chi connectivity index (χ0n) is 21.9. The van der Waals surface area contributed by atoms with Crippen LogP contribution in [0.5, 0.6) is 0 Å². The van der Waals surface area contributed by atoms with Gasteiger partial charge in [-0.25, -0.2) is 0 Å². The number of rotatable bonds is 2. The van der Waals surface area contributed by atoms with Gasteiger partial charge in [0, 0.05) is 53.1 Å². The van der Waals surface area contributed by atoms with Gasteiger partial charge in [-0.15, -0.1) is 0 Å². The molecule has 0 bridgehead atoms. The molecule has 37 heavy (non-hydrogen) atoms. The molecule has 0 amide bonds.